The zero-order valence-electron chi connectivity index (χ0n) is 13.2. The van der Waals surface area contributed by atoms with E-state index >= 15 is 0 Å². The fourth-order valence-electron chi connectivity index (χ4n) is 3.90. The molecule has 2 aliphatic heterocycles. The van der Waals surface area contributed by atoms with Gasteiger partial charge in [-0.15, -0.1) is 0 Å². The molecule has 22 heavy (non-hydrogen) atoms. The molecular weight excluding hydrogens is 276 g/mol. The number of hydrogen-bond acceptors (Lipinski definition) is 3. The normalized spacial score (nSPS) is 25.9. The maximum atomic E-state index is 12.5. The van der Waals surface area contributed by atoms with Gasteiger partial charge in [-0.3, -0.25) is 9.69 Å². The third kappa shape index (κ3) is 2.05. The van der Waals surface area contributed by atoms with E-state index in [4.69, 9.17) is 4.42 Å². The number of rotatable bonds is 2. The van der Waals surface area contributed by atoms with E-state index in [-0.39, 0.29) is 11.9 Å². The van der Waals surface area contributed by atoms with Crippen LogP contribution >= 0.6 is 0 Å². The quantitative estimate of drug-likeness (QED) is 0.855. The number of hydrogen-bond donors (Lipinski definition) is 0. The fourth-order valence-corrected chi connectivity index (χ4v) is 3.90. The van der Waals surface area contributed by atoms with E-state index in [1.54, 1.807) is 0 Å². The van der Waals surface area contributed by atoms with Crippen LogP contribution in [0.25, 0.3) is 11.0 Å². The summed E-state index contributed by atoms with van der Waals surface area (Å²) in [5.74, 6) is 1.27. The van der Waals surface area contributed by atoms with Gasteiger partial charge in [0.05, 0.1) is 12.6 Å². The molecule has 0 N–H and O–H groups in total. The van der Waals surface area contributed by atoms with E-state index in [1.807, 2.05) is 25.1 Å². The Balaban J connectivity index is 1.61. The first-order valence-electron chi connectivity index (χ1n) is 8.16. The molecule has 0 bridgehead atoms. The number of nitrogens with zero attached hydrogens (tertiary/aromatic N) is 2. The number of amides is 1. The molecule has 2 saturated heterocycles. The van der Waals surface area contributed by atoms with Crippen molar-refractivity contribution in [3.05, 3.63) is 35.6 Å². The molecule has 4 heteroatoms. The Morgan fingerprint density at radius 3 is 2.95 bits per heavy atom. The van der Waals surface area contributed by atoms with Crippen LogP contribution in [0.4, 0.5) is 0 Å². The Hall–Kier alpha value is -1.81. The highest BCUT2D eigenvalue weighted by Gasteiger charge is 2.40. The van der Waals surface area contributed by atoms with Crippen LogP contribution in [0.2, 0.25) is 0 Å². The largest absolute Gasteiger partial charge is 0.459 e. The SMILES string of the molecule is Cc1c(CN2C[C@@H]3CCCN3C(=O)[C@@H]2C)oc2ccccc12. The summed E-state index contributed by atoms with van der Waals surface area (Å²) in [6.07, 6.45) is 2.27. The Morgan fingerprint density at radius 2 is 2.14 bits per heavy atom. The topological polar surface area (TPSA) is 36.7 Å². The van der Waals surface area contributed by atoms with Gasteiger partial charge in [0, 0.05) is 24.5 Å². The molecule has 1 aromatic carbocycles. The number of benzene rings is 1. The van der Waals surface area contributed by atoms with Crippen molar-refractivity contribution >= 4 is 16.9 Å². The maximum Gasteiger partial charge on any atom is 0.239 e. The lowest BCUT2D eigenvalue weighted by atomic mass is 10.1. The molecule has 0 radical (unpaired) electrons. The number of furan rings is 1. The second kappa shape index (κ2) is 5.13. The molecule has 4 nitrogen and oxygen atoms in total. The highest BCUT2D eigenvalue weighted by molar-refractivity contribution is 5.83. The van der Waals surface area contributed by atoms with Gasteiger partial charge < -0.3 is 9.32 Å². The number of para-hydroxylation sites is 1. The second-order valence-corrected chi connectivity index (χ2v) is 6.58. The van der Waals surface area contributed by atoms with Crippen molar-refractivity contribution in [1.29, 1.82) is 0 Å². The molecule has 3 heterocycles. The van der Waals surface area contributed by atoms with Crippen molar-refractivity contribution in [3.63, 3.8) is 0 Å². The average molecular weight is 298 g/mol. The molecule has 1 aromatic heterocycles. The summed E-state index contributed by atoms with van der Waals surface area (Å²) in [5.41, 5.74) is 2.14. The molecular formula is C18H22N2O2. The van der Waals surface area contributed by atoms with Crippen molar-refractivity contribution in [3.8, 4) is 0 Å². The molecule has 4 rings (SSSR count). The number of piperazine rings is 1. The molecule has 0 saturated carbocycles. The summed E-state index contributed by atoms with van der Waals surface area (Å²) < 4.78 is 6.03. The summed E-state index contributed by atoms with van der Waals surface area (Å²) in [7, 11) is 0. The van der Waals surface area contributed by atoms with Crippen LogP contribution in [0.5, 0.6) is 0 Å². The third-order valence-corrected chi connectivity index (χ3v) is 5.30. The zero-order valence-corrected chi connectivity index (χ0v) is 13.2. The van der Waals surface area contributed by atoms with Crippen molar-refractivity contribution in [2.45, 2.75) is 45.3 Å². The lowest BCUT2D eigenvalue weighted by Gasteiger charge is -2.41. The monoisotopic (exact) mass is 298 g/mol. The van der Waals surface area contributed by atoms with E-state index in [1.165, 1.54) is 10.9 Å². The van der Waals surface area contributed by atoms with Crippen molar-refractivity contribution < 1.29 is 9.21 Å². The average Bonchev–Trinajstić information content (AvgIpc) is 3.11. The van der Waals surface area contributed by atoms with E-state index in [9.17, 15) is 4.79 Å². The van der Waals surface area contributed by atoms with Gasteiger partial charge in [0.25, 0.3) is 0 Å². The lowest BCUT2D eigenvalue weighted by molar-refractivity contribution is -0.143. The van der Waals surface area contributed by atoms with Crippen molar-refractivity contribution in [2.24, 2.45) is 0 Å². The smallest absolute Gasteiger partial charge is 0.239 e. The van der Waals surface area contributed by atoms with Crippen molar-refractivity contribution in [1.82, 2.24) is 9.80 Å². The van der Waals surface area contributed by atoms with Crippen LogP contribution in [-0.4, -0.2) is 40.9 Å². The molecule has 2 fully saturated rings. The van der Waals surface area contributed by atoms with Gasteiger partial charge in [0.15, 0.2) is 0 Å². The minimum absolute atomic E-state index is 0.0537. The van der Waals surface area contributed by atoms with Gasteiger partial charge in [0.2, 0.25) is 5.91 Å². The molecule has 116 valence electrons. The summed E-state index contributed by atoms with van der Waals surface area (Å²) in [6, 6.07) is 8.49. The standard InChI is InChI=1S/C18H22N2O2/c1-12-15-7-3-4-8-16(15)22-17(12)11-19-10-14-6-5-9-20(14)18(21)13(19)2/h3-4,7-8,13-14H,5-6,9-11H2,1-2H3/t13-,14-/m0/s1. The number of carbonyl (C=O) groups excluding carboxylic acids is 1. The Labute approximate surface area is 130 Å². The molecule has 2 atom stereocenters. The van der Waals surface area contributed by atoms with Gasteiger partial charge >= 0.3 is 0 Å². The van der Waals surface area contributed by atoms with Crippen LogP contribution in [0.1, 0.15) is 31.1 Å². The minimum atomic E-state index is -0.0537. The second-order valence-electron chi connectivity index (χ2n) is 6.58. The molecule has 2 aromatic rings. The Morgan fingerprint density at radius 1 is 1.32 bits per heavy atom. The maximum absolute atomic E-state index is 12.5. The van der Waals surface area contributed by atoms with Crippen LogP contribution in [0, 0.1) is 6.92 Å². The highest BCUT2D eigenvalue weighted by atomic mass is 16.3. The predicted octanol–water partition coefficient (Wildman–Crippen LogP) is 2.94. The summed E-state index contributed by atoms with van der Waals surface area (Å²) in [6.45, 7) is 6.75. The van der Waals surface area contributed by atoms with E-state index < -0.39 is 0 Å². The first-order chi connectivity index (χ1) is 10.6. The van der Waals surface area contributed by atoms with E-state index in [2.05, 4.69) is 22.8 Å². The van der Waals surface area contributed by atoms with Gasteiger partial charge in [-0.25, -0.2) is 0 Å². The van der Waals surface area contributed by atoms with Gasteiger partial charge in [-0.1, -0.05) is 18.2 Å². The highest BCUT2D eigenvalue weighted by Crippen LogP contribution is 2.30. The van der Waals surface area contributed by atoms with Crippen LogP contribution in [0.3, 0.4) is 0 Å². The number of carbonyl (C=O) groups is 1. The van der Waals surface area contributed by atoms with Crippen molar-refractivity contribution in [2.75, 3.05) is 13.1 Å². The first kappa shape index (κ1) is 13.8. The fraction of sp³-hybridized carbons (Fsp3) is 0.500. The minimum Gasteiger partial charge on any atom is -0.459 e. The number of aryl methyl sites for hydroxylation is 1. The summed E-state index contributed by atoms with van der Waals surface area (Å²) >= 11 is 0. The van der Waals surface area contributed by atoms with Gasteiger partial charge in [-0.2, -0.15) is 0 Å². The van der Waals surface area contributed by atoms with E-state index in [0.717, 1.165) is 43.8 Å². The molecule has 1 amide bonds. The number of fused-ring (bicyclic) bond motifs is 2. The molecule has 0 aliphatic carbocycles. The lowest BCUT2D eigenvalue weighted by Crippen LogP contribution is -2.58. The predicted molar refractivity (Wildman–Crippen MR) is 85.6 cm³/mol. The van der Waals surface area contributed by atoms with Crippen LogP contribution in [-0.2, 0) is 11.3 Å². The zero-order chi connectivity index (χ0) is 15.3. The van der Waals surface area contributed by atoms with E-state index in [0.29, 0.717) is 6.04 Å². The summed E-state index contributed by atoms with van der Waals surface area (Å²) in [4.78, 5) is 16.9. The molecule has 0 spiro atoms. The van der Waals surface area contributed by atoms with Crippen LogP contribution < -0.4 is 0 Å². The summed E-state index contributed by atoms with van der Waals surface area (Å²) in [5, 5.41) is 1.18. The molecule has 2 aliphatic rings. The van der Waals surface area contributed by atoms with Gasteiger partial charge in [0.1, 0.15) is 11.3 Å². The first-order valence-corrected chi connectivity index (χ1v) is 8.16. The third-order valence-electron chi connectivity index (χ3n) is 5.30. The van der Waals surface area contributed by atoms with Crippen LogP contribution in [0.15, 0.2) is 28.7 Å². The Kier molecular flexibility index (Phi) is 3.22. The van der Waals surface area contributed by atoms with Gasteiger partial charge in [-0.05, 0) is 38.3 Å². The molecule has 0 unspecified atom stereocenters. The Bertz CT molecular complexity index is 721.